The van der Waals surface area contributed by atoms with Gasteiger partial charge in [-0.1, -0.05) is 18.2 Å². The lowest BCUT2D eigenvalue weighted by atomic mass is 10.2. The highest BCUT2D eigenvalue weighted by Crippen LogP contribution is 2.12. The van der Waals surface area contributed by atoms with Crippen LogP contribution in [0.25, 0.3) is 0 Å². The summed E-state index contributed by atoms with van der Waals surface area (Å²) in [6, 6.07) is 9.27. The fraction of sp³-hybridized carbons (Fsp3) is 0.600. The van der Waals surface area contributed by atoms with Crippen LogP contribution in [0.4, 0.5) is 4.79 Å². The summed E-state index contributed by atoms with van der Waals surface area (Å²) in [5.74, 6) is -0.0171. The van der Waals surface area contributed by atoms with Crippen LogP contribution in [-0.2, 0) is 4.74 Å². The molecule has 1 aromatic carbocycles. The summed E-state index contributed by atoms with van der Waals surface area (Å²) in [7, 11) is 0. The Labute approximate surface area is 156 Å². The number of unbranched alkanes of at least 4 members (excludes halogenated alkanes) is 1. The number of hydrogen-bond donors (Lipinski definition) is 1. The molecule has 1 saturated heterocycles. The largest absolute Gasteiger partial charge is 0.444 e. The number of carbonyl (C=O) groups is 2. The Balaban J connectivity index is 1.56. The van der Waals surface area contributed by atoms with Crippen LogP contribution >= 0.6 is 0 Å². The van der Waals surface area contributed by atoms with E-state index in [9.17, 15) is 9.59 Å². The smallest absolute Gasteiger partial charge is 0.410 e. The minimum absolute atomic E-state index is 0.0171. The minimum atomic E-state index is -0.446. The quantitative estimate of drug-likeness (QED) is 0.792. The molecule has 2 rings (SSSR count). The Hall–Kier alpha value is -2.08. The minimum Gasteiger partial charge on any atom is -0.444 e. The van der Waals surface area contributed by atoms with Gasteiger partial charge in [-0.2, -0.15) is 0 Å². The number of amides is 2. The number of ether oxygens (including phenoxy) is 1. The predicted octanol–water partition coefficient (Wildman–Crippen LogP) is 2.75. The van der Waals surface area contributed by atoms with Crippen molar-refractivity contribution in [2.24, 2.45) is 0 Å². The summed E-state index contributed by atoms with van der Waals surface area (Å²) < 4.78 is 5.41. The second-order valence-electron chi connectivity index (χ2n) is 7.64. The Morgan fingerprint density at radius 1 is 1.04 bits per heavy atom. The molecule has 0 atom stereocenters. The van der Waals surface area contributed by atoms with Gasteiger partial charge in [0, 0.05) is 38.3 Å². The molecule has 26 heavy (non-hydrogen) atoms. The van der Waals surface area contributed by atoms with E-state index in [1.807, 2.05) is 51.1 Å². The van der Waals surface area contributed by atoms with Gasteiger partial charge in [0.1, 0.15) is 5.60 Å². The highest BCUT2D eigenvalue weighted by molar-refractivity contribution is 5.94. The van der Waals surface area contributed by atoms with Crippen LogP contribution in [0.5, 0.6) is 0 Å². The first kappa shape index (κ1) is 20.2. The molecule has 1 N–H and O–H groups in total. The van der Waals surface area contributed by atoms with Gasteiger partial charge in [-0.3, -0.25) is 9.69 Å². The monoisotopic (exact) mass is 361 g/mol. The SMILES string of the molecule is CC(C)(C)OC(=O)N1CCN(CCCCNC(=O)c2ccccc2)CC1. The molecule has 2 amide bonds. The molecule has 6 nitrogen and oxygen atoms in total. The van der Waals surface area contributed by atoms with Gasteiger partial charge in [0.2, 0.25) is 0 Å². The lowest BCUT2D eigenvalue weighted by molar-refractivity contribution is 0.0144. The van der Waals surface area contributed by atoms with E-state index >= 15 is 0 Å². The van der Waals surface area contributed by atoms with Crippen LogP contribution in [0.2, 0.25) is 0 Å². The summed E-state index contributed by atoms with van der Waals surface area (Å²) in [5.41, 5.74) is 0.254. The average Bonchev–Trinajstić information content (AvgIpc) is 2.61. The van der Waals surface area contributed by atoms with Crippen molar-refractivity contribution in [3.63, 3.8) is 0 Å². The van der Waals surface area contributed by atoms with Crippen LogP contribution in [-0.4, -0.2) is 66.7 Å². The number of nitrogens with one attached hydrogen (secondary N) is 1. The second kappa shape index (κ2) is 9.57. The van der Waals surface area contributed by atoms with E-state index in [1.165, 1.54) is 0 Å². The maximum Gasteiger partial charge on any atom is 0.410 e. The Morgan fingerprint density at radius 2 is 1.69 bits per heavy atom. The van der Waals surface area contributed by atoms with Gasteiger partial charge >= 0.3 is 6.09 Å². The van der Waals surface area contributed by atoms with Crippen LogP contribution in [0.1, 0.15) is 44.0 Å². The zero-order chi connectivity index (χ0) is 19.0. The van der Waals surface area contributed by atoms with Crippen molar-refractivity contribution < 1.29 is 14.3 Å². The van der Waals surface area contributed by atoms with Crippen molar-refractivity contribution in [3.05, 3.63) is 35.9 Å². The van der Waals surface area contributed by atoms with Crippen molar-refractivity contribution >= 4 is 12.0 Å². The van der Waals surface area contributed by atoms with E-state index in [1.54, 1.807) is 4.90 Å². The van der Waals surface area contributed by atoms with Crippen LogP contribution < -0.4 is 5.32 Å². The van der Waals surface area contributed by atoms with Gasteiger partial charge in [-0.25, -0.2) is 4.79 Å². The van der Waals surface area contributed by atoms with E-state index in [2.05, 4.69) is 10.2 Å². The van der Waals surface area contributed by atoms with Crippen molar-refractivity contribution in [3.8, 4) is 0 Å². The molecule has 1 fully saturated rings. The van der Waals surface area contributed by atoms with Gasteiger partial charge in [0.25, 0.3) is 5.91 Å². The number of carbonyl (C=O) groups excluding carboxylic acids is 2. The average molecular weight is 361 g/mol. The second-order valence-corrected chi connectivity index (χ2v) is 7.64. The third kappa shape index (κ3) is 7.04. The predicted molar refractivity (Wildman–Crippen MR) is 102 cm³/mol. The zero-order valence-electron chi connectivity index (χ0n) is 16.2. The van der Waals surface area contributed by atoms with Gasteiger partial charge < -0.3 is 15.0 Å². The summed E-state index contributed by atoms with van der Waals surface area (Å²) in [6.07, 6.45) is 1.76. The fourth-order valence-electron chi connectivity index (χ4n) is 2.83. The van der Waals surface area contributed by atoms with Gasteiger partial charge in [-0.05, 0) is 52.3 Å². The molecule has 0 saturated carbocycles. The van der Waals surface area contributed by atoms with Crippen LogP contribution in [0.3, 0.4) is 0 Å². The standard InChI is InChI=1S/C20H31N3O3/c1-20(2,3)26-19(25)23-15-13-22(14-16-23)12-8-7-11-21-18(24)17-9-5-4-6-10-17/h4-6,9-10H,7-8,11-16H2,1-3H3,(H,21,24). The molecule has 1 aliphatic rings. The highest BCUT2D eigenvalue weighted by Gasteiger charge is 2.25. The highest BCUT2D eigenvalue weighted by atomic mass is 16.6. The first-order valence-corrected chi connectivity index (χ1v) is 9.39. The molecular weight excluding hydrogens is 330 g/mol. The molecule has 0 aromatic heterocycles. The lowest BCUT2D eigenvalue weighted by Gasteiger charge is -2.35. The summed E-state index contributed by atoms with van der Waals surface area (Å²) in [6.45, 7) is 10.5. The van der Waals surface area contributed by atoms with Gasteiger partial charge in [-0.15, -0.1) is 0 Å². The van der Waals surface area contributed by atoms with E-state index in [0.717, 1.165) is 32.5 Å². The Kier molecular flexibility index (Phi) is 7.45. The van der Waals surface area contributed by atoms with Crippen molar-refractivity contribution in [1.29, 1.82) is 0 Å². The van der Waals surface area contributed by atoms with Crippen LogP contribution in [0, 0.1) is 0 Å². The third-order valence-electron chi connectivity index (χ3n) is 4.25. The number of hydrogen-bond acceptors (Lipinski definition) is 4. The van der Waals surface area contributed by atoms with Crippen LogP contribution in [0.15, 0.2) is 30.3 Å². The first-order chi connectivity index (χ1) is 12.3. The fourth-order valence-corrected chi connectivity index (χ4v) is 2.83. The van der Waals surface area contributed by atoms with E-state index in [-0.39, 0.29) is 12.0 Å². The molecule has 0 spiro atoms. The number of rotatable bonds is 6. The van der Waals surface area contributed by atoms with Crippen molar-refractivity contribution in [2.45, 2.75) is 39.2 Å². The molecule has 144 valence electrons. The summed E-state index contributed by atoms with van der Waals surface area (Å²) in [4.78, 5) is 28.1. The molecule has 0 unspecified atom stereocenters. The van der Waals surface area contributed by atoms with E-state index in [0.29, 0.717) is 25.2 Å². The molecule has 1 aromatic rings. The number of nitrogens with zero attached hydrogens (tertiary/aromatic N) is 2. The van der Waals surface area contributed by atoms with Gasteiger partial charge in [0.05, 0.1) is 0 Å². The molecule has 0 radical (unpaired) electrons. The number of benzene rings is 1. The van der Waals surface area contributed by atoms with Crippen molar-refractivity contribution in [1.82, 2.24) is 15.1 Å². The molecule has 0 bridgehead atoms. The molecular formula is C20H31N3O3. The summed E-state index contributed by atoms with van der Waals surface area (Å²) in [5, 5.41) is 2.95. The number of piperazine rings is 1. The van der Waals surface area contributed by atoms with Gasteiger partial charge in [0.15, 0.2) is 0 Å². The van der Waals surface area contributed by atoms with E-state index < -0.39 is 5.60 Å². The Bertz CT molecular complexity index is 576. The lowest BCUT2D eigenvalue weighted by Crippen LogP contribution is -2.50. The topological polar surface area (TPSA) is 61.9 Å². The molecule has 6 heteroatoms. The molecule has 1 heterocycles. The van der Waals surface area contributed by atoms with E-state index in [4.69, 9.17) is 4.74 Å². The summed E-state index contributed by atoms with van der Waals surface area (Å²) >= 11 is 0. The zero-order valence-corrected chi connectivity index (χ0v) is 16.2. The Morgan fingerprint density at radius 3 is 2.31 bits per heavy atom. The van der Waals surface area contributed by atoms with Crippen molar-refractivity contribution in [2.75, 3.05) is 39.3 Å². The maximum atomic E-state index is 12.0. The first-order valence-electron chi connectivity index (χ1n) is 9.39. The third-order valence-corrected chi connectivity index (χ3v) is 4.25. The molecule has 0 aliphatic carbocycles. The normalized spacial score (nSPS) is 15.6. The molecule has 1 aliphatic heterocycles. The maximum absolute atomic E-state index is 12.0.